The molecule has 0 amide bonds. The Bertz CT molecular complexity index is 904. The van der Waals surface area contributed by atoms with Gasteiger partial charge >= 0.3 is 5.69 Å². The van der Waals surface area contributed by atoms with Crippen LogP contribution in [0.5, 0.6) is 0 Å². The predicted molar refractivity (Wildman–Crippen MR) is 123 cm³/mol. The van der Waals surface area contributed by atoms with Gasteiger partial charge in [0.2, 0.25) is 17.6 Å². The van der Waals surface area contributed by atoms with E-state index >= 15 is 0 Å². The van der Waals surface area contributed by atoms with Crippen LogP contribution in [0.4, 0.5) is 23.3 Å². The Morgan fingerprint density at radius 2 is 1.71 bits per heavy atom. The Hall–Kier alpha value is -2.90. The van der Waals surface area contributed by atoms with Crippen LogP contribution in [0, 0.1) is 27.9 Å². The highest BCUT2D eigenvalue weighted by Crippen LogP contribution is 2.36. The molecule has 2 aliphatic heterocycles. The molecule has 3 heterocycles. The number of nitrogen functional groups attached to an aromatic ring is 1. The second kappa shape index (κ2) is 9.08. The minimum atomic E-state index is -0.440. The van der Waals surface area contributed by atoms with Crippen molar-refractivity contribution in [3.05, 3.63) is 46.0 Å². The Labute approximate surface area is 183 Å². The second-order valence-corrected chi connectivity index (χ2v) is 9.31. The van der Waals surface area contributed by atoms with Crippen LogP contribution >= 0.6 is 0 Å². The Balaban J connectivity index is 1.52. The molecule has 0 spiro atoms. The average Bonchev–Trinajstić information content (AvgIpc) is 2.73. The SMILES string of the molecule is C[C@@H]1C[C@@H](C)CN(c2nc(N3CCC(Cc4ccccc4)CC3)nc(N)c2[N+](=O)[O-])C1. The van der Waals surface area contributed by atoms with Crippen molar-refractivity contribution in [2.24, 2.45) is 17.8 Å². The summed E-state index contributed by atoms with van der Waals surface area (Å²) in [5.41, 5.74) is 7.29. The normalized spacial score (nSPS) is 22.5. The lowest BCUT2D eigenvalue weighted by Crippen LogP contribution is -2.40. The number of aromatic nitrogens is 2. The van der Waals surface area contributed by atoms with Crippen LogP contribution in [0.15, 0.2) is 30.3 Å². The number of nitrogens with zero attached hydrogens (tertiary/aromatic N) is 5. The molecule has 0 radical (unpaired) electrons. The van der Waals surface area contributed by atoms with E-state index < -0.39 is 4.92 Å². The van der Waals surface area contributed by atoms with Crippen LogP contribution in [-0.4, -0.2) is 41.1 Å². The molecular weight excluding hydrogens is 392 g/mol. The third kappa shape index (κ3) is 4.89. The second-order valence-electron chi connectivity index (χ2n) is 9.31. The van der Waals surface area contributed by atoms with Crippen LogP contribution in [0.25, 0.3) is 0 Å². The van der Waals surface area contributed by atoms with E-state index in [0.717, 1.165) is 51.9 Å². The molecule has 2 saturated heterocycles. The zero-order valence-corrected chi connectivity index (χ0v) is 18.4. The molecular formula is C23H32N6O2. The molecule has 2 atom stereocenters. The quantitative estimate of drug-likeness (QED) is 0.573. The smallest absolute Gasteiger partial charge is 0.353 e. The van der Waals surface area contributed by atoms with Crippen molar-refractivity contribution in [3.8, 4) is 0 Å². The summed E-state index contributed by atoms with van der Waals surface area (Å²) in [5.74, 6) is 2.38. The zero-order chi connectivity index (χ0) is 22.0. The number of hydrogen-bond acceptors (Lipinski definition) is 7. The van der Waals surface area contributed by atoms with Crippen LogP contribution in [-0.2, 0) is 6.42 Å². The predicted octanol–water partition coefficient (Wildman–Crippen LogP) is 3.91. The molecule has 8 heteroatoms. The van der Waals surface area contributed by atoms with E-state index in [-0.39, 0.29) is 11.5 Å². The third-order valence-electron chi connectivity index (χ3n) is 6.50. The van der Waals surface area contributed by atoms with E-state index in [4.69, 9.17) is 10.7 Å². The number of nitro groups is 1. The molecule has 4 rings (SSSR count). The fourth-order valence-corrected chi connectivity index (χ4v) is 5.11. The van der Waals surface area contributed by atoms with Crippen LogP contribution in [0.2, 0.25) is 0 Å². The largest absolute Gasteiger partial charge is 0.378 e. The Morgan fingerprint density at radius 1 is 1.06 bits per heavy atom. The van der Waals surface area contributed by atoms with Gasteiger partial charge in [0, 0.05) is 26.2 Å². The van der Waals surface area contributed by atoms with Crippen LogP contribution < -0.4 is 15.5 Å². The number of rotatable bonds is 5. The lowest BCUT2D eigenvalue weighted by molar-refractivity contribution is -0.383. The summed E-state index contributed by atoms with van der Waals surface area (Å²) in [6.45, 7) is 7.53. The minimum absolute atomic E-state index is 0.0395. The molecule has 166 valence electrons. The van der Waals surface area contributed by atoms with Gasteiger partial charge in [-0.25, -0.2) is 0 Å². The Morgan fingerprint density at radius 3 is 2.32 bits per heavy atom. The van der Waals surface area contributed by atoms with E-state index in [9.17, 15) is 10.1 Å². The standard InChI is InChI=1S/C23H32N6O2/c1-16-12-17(2)15-28(14-16)22-20(29(30)31)21(24)25-23(26-22)27-10-8-19(9-11-27)13-18-6-4-3-5-7-18/h3-7,16-17,19H,8-15H2,1-2H3,(H2,24,25,26)/t16-,17-/m1/s1. The lowest BCUT2D eigenvalue weighted by Gasteiger charge is -2.36. The van der Waals surface area contributed by atoms with Crippen LogP contribution in [0.1, 0.15) is 38.7 Å². The molecule has 0 bridgehead atoms. The van der Waals surface area contributed by atoms with Gasteiger partial charge in [-0.2, -0.15) is 9.97 Å². The number of anilines is 3. The van der Waals surface area contributed by atoms with Gasteiger partial charge in [0.1, 0.15) is 0 Å². The van der Waals surface area contributed by atoms with Crippen molar-refractivity contribution < 1.29 is 4.92 Å². The third-order valence-corrected chi connectivity index (χ3v) is 6.50. The van der Waals surface area contributed by atoms with Crippen molar-refractivity contribution in [1.82, 2.24) is 9.97 Å². The first kappa shape index (κ1) is 21.3. The van der Waals surface area contributed by atoms with Gasteiger partial charge in [-0.15, -0.1) is 0 Å². The summed E-state index contributed by atoms with van der Waals surface area (Å²) in [6.07, 6.45) is 4.28. The average molecular weight is 425 g/mol. The monoisotopic (exact) mass is 424 g/mol. The van der Waals surface area contributed by atoms with Crippen molar-refractivity contribution in [3.63, 3.8) is 0 Å². The molecule has 0 saturated carbocycles. The highest BCUT2D eigenvalue weighted by atomic mass is 16.6. The summed E-state index contributed by atoms with van der Waals surface area (Å²) >= 11 is 0. The topological polar surface area (TPSA) is 101 Å². The molecule has 2 aromatic rings. The van der Waals surface area contributed by atoms with E-state index in [2.05, 4.69) is 48.0 Å². The highest BCUT2D eigenvalue weighted by Gasteiger charge is 2.33. The van der Waals surface area contributed by atoms with Gasteiger partial charge in [-0.05, 0) is 49.0 Å². The summed E-state index contributed by atoms with van der Waals surface area (Å²) < 4.78 is 0. The molecule has 2 fully saturated rings. The van der Waals surface area contributed by atoms with Gasteiger partial charge in [-0.1, -0.05) is 44.2 Å². The van der Waals surface area contributed by atoms with Gasteiger partial charge in [-0.3, -0.25) is 10.1 Å². The van der Waals surface area contributed by atoms with E-state index in [1.54, 1.807) is 0 Å². The first-order chi connectivity index (χ1) is 14.9. The zero-order valence-electron chi connectivity index (χ0n) is 18.4. The van der Waals surface area contributed by atoms with Gasteiger partial charge in [0.15, 0.2) is 0 Å². The van der Waals surface area contributed by atoms with Crippen LogP contribution in [0.3, 0.4) is 0 Å². The number of hydrogen-bond donors (Lipinski definition) is 1. The summed E-state index contributed by atoms with van der Waals surface area (Å²) in [5, 5.41) is 11.8. The molecule has 1 aromatic heterocycles. The summed E-state index contributed by atoms with van der Waals surface area (Å²) in [4.78, 5) is 24.5. The fraction of sp³-hybridized carbons (Fsp3) is 0.565. The van der Waals surface area contributed by atoms with Crippen molar-refractivity contribution >= 4 is 23.3 Å². The van der Waals surface area contributed by atoms with E-state index in [1.165, 1.54) is 5.56 Å². The maximum absolute atomic E-state index is 11.8. The first-order valence-corrected chi connectivity index (χ1v) is 11.3. The van der Waals surface area contributed by atoms with Gasteiger partial charge in [0.05, 0.1) is 4.92 Å². The summed E-state index contributed by atoms with van der Waals surface area (Å²) in [6, 6.07) is 10.6. The molecule has 8 nitrogen and oxygen atoms in total. The lowest BCUT2D eigenvalue weighted by atomic mass is 9.90. The van der Waals surface area contributed by atoms with Crippen molar-refractivity contribution in [1.29, 1.82) is 0 Å². The van der Waals surface area contributed by atoms with E-state index in [0.29, 0.717) is 29.5 Å². The fourth-order valence-electron chi connectivity index (χ4n) is 5.11. The Kier molecular flexibility index (Phi) is 6.25. The molecule has 2 N–H and O–H groups in total. The van der Waals surface area contributed by atoms with Gasteiger partial charge < -0.3 is 15.5 Å². The minimum Gasteiger partial charge on any atom is -0.378 e. The molecule has 0 aliphatic carbocycles. The molecule has 31 heavy (non-hydrogen) atoms. The number of nitrogens with two attached hydrogens (primary N) is 1. The maximum atomic E-state index is 11.8. The molecule has 2 aliphatic rings. The molecule has 1 aromatic carbocycles. The summed E-state index contributed by atoms with van der Waals surface area (Å²) in [7, 11) is 0. The number of piperidine rings is 2. The van der Waals surface area contributed by atoms with Gasteiger partial charge in [0.25, 0.3) is 0 Å². The number of benzene rings is 1. The highest BCUT2D eigenvalue weighted by molar-refractivity contribution is 5.71. The van der Waals surface area contributed by atoms with E-state index in [1.807, 2.05) is 11.0 Å². The van der Waals surface area contributed by atoms with Crippen molar-refractivity contribution in [2.75, 3.05) is 41.7 Å². The maximum Gasteiger partial charge on any atom is 0.353 e. The first-order valence-electron chi connectivity index (χ1n) is 11.3. The van der Waals surface area contributed by atoms with Crippen molar-refractivity contribution in [2.45, 2.75) is 39.5 Å². The molecule has 0 unspecified atom stereocenters.